The summed E-state index contributed by atoms with van der Waals surface area (Å²) in [6, 6.07) is 4.66. The van der Waals surface area contributed by atoms with Gasteiger partial charge in [0, 0.05) is 25.0 Å². The molecule has 1 saturated heterocycles. The molecule has 1 N–H and O–H groups in total. The molecule has 0 spiro atoms. The molecule has 1 heterocycles. The molecule has 0 saturated carbocycles. The van der Waals surface area contributed by atoms with E-state index in [4.69, 9.17) is 16.3 Å². The molecule has 120 valence electrons. The van der Waals surface area contributed by atoms with Crippen LogP contribution in [0.5, 0.6) is 0 Å². The maximum absolute atomic E-state index is 11.6. The topological polar surface area (TPSA) is 84.7 Å². The Labute approximate surface area is 133 Å². The lowest BCUT2D eigenvalue weighted by atomic mass is 10.2. The Morgan fingerprint density at radius 1 is 1.41 bits per heavy atom. The lowest BCUT2D eigenvalue weighted by Gasteiger charge is -2.18. The van der Waals surface area contributed by atoms with Gasteiger partial charge in [-0.1, -0.05) is 0 Å². The van der Waals surface area contributed by atoms with Gasteiger partial charge in [-0.25, -0.2) is 4.79 Å². The number of carbonyl (C=O) groups excluding carboxylic acids is 1. The van der Waals surface area contributed by atoms with E-state index < -0.39 is 11.0 Å². The number of alkyl halides is 1. The molecule has 0 bridgehead atoms. The van der Waals surface area contributed by atoms with E-state index in [1.54, 1.807) is 12.1 Å². The molecule has 1 aliphatic rings. The van der Waals surface area contributed by atoms with E-state index in [0.29, 0.717) is 23.7 Å². The van der Waals surface area contributed by atoms with Crippen LogP contribution < -0.4 is 10.2 Å². The first-order chi connectivity index (χ1) is 10.6. The molecular weight excluding hydrogens is 310 g/mol. The molecule has 1 aromatic rings. The Morgan fingerprint density at radius 2 is 2.14 bits per heavy atom. The standard InChI is InChI=1S/C14H18ClN3O4/c15-6-3-9-22-14(19)16-11-4-5-12(13(10-11)18(20)21)17-7-1-2-8-17/h4-5,10H,1-3,6-9H2,(H,16,19). The van der Waals surface area contributed by atoms with Crippen molar-refractivity contribution in [3.05, 3.63) is 28.3 Å². The third kappa shape index (κ3) is 4.24. The van der Waals surface area contributed by atoms with Gasteiger partial charge in [0.2, 0.25) is 0 Å². The molecule has 2 rings (SSSR count). The molecule has 7 nitrogen and oxygen atoms in total. The van der Waals surface area contributed by atoms with Gasteiger partial charge in [-0.2, -0.15) is 0 Å². The maximum atomic E-state index is 11.6. The van der Waals surface area contributed by atoms with Gasteiger partial charge in [-0.15, -0.1) is 11.6 Å². The average Bonchev–Trinajstić information content (AvgIpc) is 3.01. The van der Waals surface area contributed by atoms with E-state index in [0.717, 1.165) is 25.9 Å². The summed E-state index contributed by atoms with van der Waals surface area (Å²) < 4.78 is 4.90. The molecule has 0 unspecified atom stereocenters. The van der Waals surface area contributed by atoms with Crippen molar-refractivity contribution in [1.29, 1.82) is 0 Å². The minimum atomic E-state index is -0.645. The smallest absolute Gasteiger partial charge is 0.411 e. The number of ether oxygens (including phenoxy) is 1. The van der Waals surface area contributed by atoms with Crippen LogP contribution in [0.4, 0.5) is 21.9 Å². The van der Waals surface area contributed by atoms with Crippen molar-refractivity contribution in [3.8, 4) is 0 Å². The number of halogens is 1. The number of carbonyl (C=O) groups is 1. The number of anilines is 2. The monoisotopic (exact) mass is 327 g/mol. The molecule has 0 aliphatic carbocycles. The van der Waals surface area contributed by atoms with Crippen molar-refractivity contribution in [1.82, 2.24) is 0 Å². The number of hydrogen-bond donors (Lipinski definition) is 1. The van der Waals surface area contributed by atoms with Crippen LogP contribution in [0.15, 0.2) is 18.2 Å². The van der Waals surface area contributed by atoms with Gasteiger partial charge in [0.1, 0.15) is 5.69 Å². The quantitative estimate of drug-likeness (QED) is 0.375. The highest BCUT2D eigenvalue weighted by Crippen LogP contribution is 2.33. The third-order valence-corrected chi connectivity index (χ3v) is 3.64. The molecule has 8 heteroatoms. The molecule has 0 atom stereocenters. The molecule has 22 heavy (non-hydrogen) atoms. The zero-order chi connectivity index (χ0) is 15.9. The highest BCUT2D eigenvalue weighted by atomic mass is 35.5. The number of nitrogens with one attached hydrogen (secondary N) is 1. The highest BCUT2D eigenvalue weighted by Gasteiger charge is 2.22. The van der Waals surface area contributed by atoms with Gasteiger partial charge in [0.25, 0.3) is 5.69 Å². The summed E-state index contributed by atoms with van der Waals surface area (Å²) in [5, 5.41) is 13.7. The first-order valence-corrected chi connectivity index (χ1v) is 7.68. The Kier molecular flexibility index (Phi) is 5.83. The number of rotatable bonds is 6. The van der Waals surface area contributed by atoms with Crippen LogP contribution in [0.25, 0.3) is 0 Å². The van der Waals surface area contributed by atoms with Gasteiger partial charge in [-0.05, 0) is 31.4 Å². The van der Waals surface area contributed by atoms with Crippen molar-refractivity contribution < 1.29 is 14.5 Å². The summed E-state index contributed by atoms with van der Waals surface area (Å²) >= 11 is 5.49. The van der Waals surface area contributed by atoms with Crippen LogP contribution >= 0.6 is 11.6 Å². The lowest BCUT2D eigenvalue weighted by molar-refractivity contribution is -0.384. The van der Waals surface area contributed by atoms with E-state index in [1.807, 2.05) is 4.90 Å². The first-order valence-electron chi connectivity index (χ1n) is 7.15. The number of hydrogen-bond acceptors (Lipinski definition) is 5. The van der Waals surface area contributed by atoms with Gasteiger partial charge in [-0.3, -0.25) is 15.4 Å². The Morgan fingerprint density at radius 3 is 2.77 bits per heavy atom. The van der Waals surface area contributed by atoms with Crippen molar-refractivity contribution in [2.45, 2.75) is 19.3 Å². The van der Waals surface area contributed by atoms with E-state index in [2.05, 4.69) is 5.32 Å². The van der Waals surface area contributed by atoms with Crippen molar-refractivity contribution in [2.24, 2.45) is 0 Å². The first kappa shape index (κ1) is 16.4. The predicted molar refractivity (Wildman–Crippen MR) is 84.9 cm³/mol. The second kappa shape index (κ2) is 7.84. The molecule has 1 fully saturated rings. The molecule has 1 amide bonds. The van der Waals surface area contributed by atoms with Crippen LogP contribution in [0.2, 0.25) is 0 Å². The fourth-order valence-electron chi connectivity index (χ4n) is 2.35. The number of nitrogens with zero attached hydrogens (tertiary/aromatic N) is 2. The molecule has 1 aliphatic heterocycles. The number of nitro benzene ring substituents is 1. The lowest BCUT2D eigenvalue weighted by Crippen LogP contribution is -2.19. The zero-order valence-corrected chi connectivity index (χ0v) is 12.8. The van der Waals surface area contributed by atoms with Crippen molar-refractivity contribution in [2.75, 3.05) is 35.8 Å². The van der Waals surface area contributed by atoms with Gasteiger partial charge in [0.15, 0.2) is 0 Å². The number of amides is 1. The second-order valence-electron chi connectivity index (χ2n) is 4.96. The number of nitro groups is 1. The Balaban J connectivity index is 2.08. The third-order valence-electron chi connectivity index (χ3n) is 3.38. The van der Waals surface area contributed by atoms with Gasteiger partial charge < -0.3 is 9.64 Å². The minimum Gasteiger partial charge on any atom is -0.449 e. The number of benzene rings is 1. The maximum Gasteiger partial charge on any atom is 0.411 e. The molecule has 0 radical (unpaired) electrons. The van der Waals surface area contributed by atoms with E-state index in [1.165, 1.54) is 6.07 Å². The summed E-state index contributed by atoms with van der Waals surface area (Å²) in [6.45, 7) is 1.84. The summed E-state index contributed by atoms with van der Waals surface area (Å²) in [6.07, 6.45) is 1.98. The normalized spacial score (nSPS) is 14.0. The zero-order valence-electron chi connectivity index (χ0n) is 12.1. The highest BCUT2D eigenvalue weighted by molar-refractivity contribution is 6.17. The van der Waals surface area contributed by atoms with E-state index in [9.17, 15) is 14.9 Å². The fourth-order valence-corrected chi connectivity index (χ4v) is 2.46. The minimum absolute atomic E-state index is 0.0135. The summed E-state index contributed by atoms with van der Waals surface area (Å²) in [5.41, 5.74) is 0.912. The fraction of sp³-hybridized carbons (Fsp3) is 0.500. The summed E-state index contributed by atoms with van der Waals surface area (Å²) in [4.78, 5) is 24.4. The molecular formula is C14H18ClN3O4. The molecule has 0 aromatic heterocycles. The second-order valence-corrected chi connectivity index (χ2v) is 5.34. The van der Waals surface area contributed by atoms with E-state index >= 15 is 0 Å². The van der Waals surface area contributed by atoms with Crippen LogP contribution in [0, 0.1) is 10.1 Å². The van der Waals surface area contributed by atoms with Crippen LogP contribution in [0.1, 0.15) is 19.3 Å². The van der Waals surface area contributed by atoms with Gasteiger partial charge in [0.05, 0.1) is 17.2 Å². The Bertz CT molecular complexity index is 547. The predicted octanol–water partition coefficient (Wildman–Crippen LogP) is 3.37. The van der Waals surface area contributed by atoms with Crippen molar-refractivity contribution in [3.63, 3.8) is 0 Å². The van der Waals surface area contributed by atoms with Crippen LogP contribution in [0.3, 0.4) is 0 Å². The molecule has 1 aromatic carbocycles. The van der Waals surface area contributed by atoms with Crippen LogP contribution in [-0.4, -0.2) is 36.6 Å². The van der Waals surface area contributed by atoms with Gasteiger partial charge >= 0.3 is 6.09 Å². The summed E-state index contributed by atoms with van der Waals surface area (Å²) in [5.74, 6) is 0.406. The Hall–Kier alpha value is -2.02. The SMILES string of the molecule is O=C(Nc1ccc(N2CCCC2)c([N+](=O)[O-])c1)OCCCCl. The largest absolute Gasteiger partial charge is 0.449 e. The van der Waals surface area contributed by atoms with Crippen molar-refractivity contribution >= 4 is 34.8 Å². The average molecular weight is 328 g/mol. The van der Waals surface area contributed by atoms with Crippen LogP contribution in [-0.2, 0) is 4.74 Å². The summed E-state index contributed by atoms with van der Waals surface area (Å²) in [7, 11) is 0. The van der Waals surface area contributed by atoms with E-state index in [-0.39, 0.29) is 12.3 Å².